The van der Waals surface area contributed by atoms with Crippen molar-refractivity contribution in [1.82, 2.24) is 0 Å². The van der Waals surface area contributed by atoms with Gasteiger partial charge in [0.2, 0.25) is 0 Å². The number of halogens is 1. The molecule has 0 fully saturated rings. The molecule has 0 heterocycles. The van der Waals surface area contributed by atoms with Crippen LogP contribution >= 0.6 is 12.4 Å². The lowest BCUT2D eigenvalue weighted by Crippen LogP contribution is -2.25. The van der Waals surface area contributed by atoms with Gasteiger partial charge in [-0.3, -0.25) is 0 Å². The van der Waals surface area contributed by atoms with Crippen LogP contribution in [0.4, 0.5) is 0 Å². The zero-order valence-electron chi connectivity index (χ0n) is 9.84. The van der Waals surface area contributed by atoms with E-state index in [4.69, 9.17) is 0 Å². The Bertz CT molecular complexity index is 399. The van der Waals surface area contributed by atoms with Gasteiger partial charge in [0.05, 0.1) is 0 Å². The first kappa shape index (κ1) is 13.8. The highest BCUT2D eigenvalue weighted by atomic mass is 35.5. The van der Waals surface area contributed by atoms with E-state index in [1.807, 2.05) is 67.6 Å². The van der Waals surface area contributed by atoms with Gasteiger partial charge in [0.1, 0.15) is 5.60 Å². The Morgan fingerprint density at radius 2 is 1.18 bits per heavy atom. The molecule has 90 valence electrons. The minimum atomic E-state index is -0.872. The summed E-state index contributed by atoms with van der Waals surface area (Å²) in [5.41, 5.74) is 1.02. The summed E-state index contributed by atoms with van der Waals surface area (Å²) in [7, 11) is 0. The van der Waals surface area contributed by atoms with Crippen molar-refractivity contribution in [2.24, 2.45) is 0 Å². The smallest absolute Gasteiger partial charge is 0.114 e. The third-order valence-electron chi connectivity index (χ3n) is 3.01. The maximum atomic E-state index is 10.8. The fourth-order valence-corrected chi connectivity index (χ4v) is 2.00. The van der Waals surface area contributed by atoms with E-state index in [0.29, 0.717) is 6.42 Å². The Balaban J connectivity index is 0.00000144. The second-order valence-corrected chi connectivity index (χ2v) is 3.95. The van der Waals surface area contributed by atoms with Crippen LogP contribution in [0.15, 0.2) is 60.7 Å². The topological polar surface area (TPSA) is 20.2 Å². The minimum absolute atomic E-state index is 0. The Hall–Kier alpha value is -1.31. The lowest BCUT2D eigenvalue weighted by Gasteiger charge is -2.28. The van der Waals surface area contributed by atoms with Gasteiger partial charge in [-0.05, 0) is 17.5 Å². The van der Waals surface area contributed by atoms with Crippen LogP contribution in [0.1, 0.15) is 24.5 Å². The van der Waals surface area contributed by atoms with E-state index in [2.05, 4.69) is 0 Å². The summed E-state index contributed by atoms with van der Waals surface area (Å²) in [5, 5.41) is 10.8. The molecule has 0 aromatic heterocycles. The number of hydrogen-bond donors (Lipinski definition) is 1. The van der Waals surface area contributed by atoms with Crippen LogP contribution in [0.5, 0.6) is 0 Å². The third-order valence-corrected chi connectivity index (χ3v) is 3.01. The van der Waals surface area contributed by atoms with Gasteiger partial charge < -0.3 is 5.11 Å². The lowest BCUT2D eigenvalue weighted by atomic mass is 9.84. The average Bonchev–Trinajstić information content (AvgIpc) is 2.40. The third kappa shape index (κ3) is 2.68. The Kier molecular flexibility index (Phi) is 4.73. The van der Waals surface area contributed by atoms with Crippen molar-refractivity contribution in [3.8, 4) is 0 Å². The van der Waals surface area contributed by atoms with Crippen LogP contribution < -0.4 is 0 Å². The molecule has 2 aromatic carbocycles. The van der Waals surface area contributed by atoms with Crippen molar-refractivity contribution in [3.63, 3.8) is 0 Å². The van der Waals surface area contributed by atoms with Crippen LogP contribution in [0, 0.1) is 0 Å². The van der Waals surface area contributed by atoms with Gasteiger partial charge in [-0.2, -0.15) is 0 Å². The van der Waals surface area contributed by atoms with Gasteiger partial charge in [0, 0.05) is 0 Å². The molecule has 0 spiro atoms. The molecule has 0 amide bonds. The molecule has 1 N–H and O–H groups in total. The summed E-state index contributed by atoms with van der Waals surface area (Å²) in [4.78, 5) is 0. The Morgan fingerprint density at radius 1 is 0.824 bits per heavy atom. The molecule has 0 saturated heterocycles. The molecular weight excluding hydrogens is 232 g/mol. The molecule has 0 aliphatic carbocycles. The average molecular weight is 249 g/mol. The first-order chi connectivity index (χ1) is 7.77. The Morgan fingerprint density at radius 3 is 1.47 bits per heavy atom. The molecule has 2 aromatic rings. The van der Waals surface area contributed by atoms with Gasteiger partial charge in [-0.15, -0.1) is 12.4 Å². The monoisotopic (exact) mass is 248 g/mol. The van der Waals surface area contributed by atoms with Gasteiger partial charge in [-0.1, -0.05) is 67.6 Å². The number of benzene rings is 2. The van der Waals surface area contributed by atoms with Crippen LogP contribution in [-0.4, -0.2) is 5.11 Å². The summed E-state index contributed by atoms with van der Waals surface area (Å²) >= 11 is 0. The normalized spacial score (nSPS) is 10.7. The standard InChI is InChI=1S/C15H16O.ClH/c1-2-15(16,13-9-5-3-6-10-13)14-11-7-4-8-12-14;/h3-12,16H,2H2,1H3;1H. The van der Waals surface area contributed by atoms with Crippen molar-refractivity contribution < 1.29 is 5.11 Å². The molecular formula is C15H17ClO. The predicted octanol–water partition coefficient (Wildman–Crippen LogP) is 3.75. The molecule has 2 heteroatoms. The zero-order valence-corrected chi connectivity index (χ0v) is 10.7. The molecule has 17 heavy (non-hydrogen) atoms. The number of aliphatic hydroxyl groups is 1. The van der Waals surface area contributed by atoms with Crippen LogP contribution in [0.3, 0.4) is 0 Å². The highest BCUT2D eigenvalue weighted by molar-refractivity contribution is 5.85. The van der Waals surface area contributed by atoms with Gasteiger partial charge in [-0.25, -0.2) is 0 Å². The lowest BCUT2D eigenvalue weighted by molar-refractivity contribution is 0.0765. The van der Waals surface area contributed by atoms with Crippen molar-refractivity contribution in [2.75, 3.05) is 0 Å². The largest absolute Gasteiger partial charge is 0.380 e. The molecule has 0 aliphatic heterocycles. The van der Waals surface area contributed by atoms with Crippen LogP contribution in [0.25, 0.3) is 0 Å². The van der Waals surface area contributed by atoms with E-state index in [9.17, 15) is 5.11 Å². The molecule has 0 aliphatic rings. The number of hydrogen-bond acceptors (Lipinski definition) is 1. The summed E-state index contributed by atoms with van der Waals surface area (Å²) in [5.74, 6) is 0. The highest BCUT2D eigenvalue weighted by Crippen LogP contribution is 2.32. The minimum Gasteiger partial charge on any atom is -0.380 e. The fraction of sp³-hybridized carbons (Fsp3) is 0.200. The van der Waals surface area contributed by atoms with Gasteiger partial charge in [0.15, 0.2) is 0 Å². The van der Waals surface area contributed by atoms with E-state index in [1.54, 1.807) is 0 Å². The van der Waals surface area contributed by atoms with E-state index in [0.717, 1.165) is 11.1 Å². The van der Waals surface area contributed by atoms with E-state index < -0.39 is 5.60 Å². The van der Waals surface area contributed by atoms with Crippen molar-refractivity contribution in [2.45, 2.75) is 18.9 Å². The van der Waals surface area contributed by atoms with Crippen molar-refractivity contribution in [3.05, 3.63) is 71.8 Å². The van der Waals surface area contributed by atoms with Crippen LogP contribution in [-0.2, 0) is 5.60 Å². The van der Waals surface area contributed by atoms with Crippen molar-refractivity contribution in [1.29, 1.82) is 0 Å². The summed E-state index contributed by atoms with van der Waals surface area (Å²) < 4.78 is 0. The molecule has 0 saturated carbocycles. The maximum absolute atomic E-state index is 10.8. The first-order valence-electron chi connectivity index (χ1n) is 5.61. The Labute approximate surface area is 109 Å². The van der Waals surface area contributed by atoms with Crippen molar-refractivity contribution >= 4 is 12.4 Å². The molecule has 2 rings (SSSR count). The first-order valence-corrected chi connectivity index (χ1v) is 5.61. The SMILES string of the molecule is CCC(O)(c1ccccc1)c1ccccc1.Cl. The maximum Gasteiger partial charge on any atom is 0.114 e. The number of rotatable bonds is 3. The summed E-state index contributed by atoms with van der Waals surface area (Å²) in [6, 6.07) is 19.6. The molecule has 0 bridgehead atoms. The quantitative estimate of drug-likeness (QED) is 0.877. The van der Waals surface area contributed by atoms with Gasteiger partial charge >= 0.3 is 0 Å². The fourth-order valence-electron chi connectivity index (χ4n) is 2.00. The van der Waals surface area contributed by atoms with Gasteiger partial charge in [0.25, 0.3) is 0 Å². The zero-order chi connectivity index (χ0) is 11.4. The second kappa shape index (κ2) is 5.85. The molecule has 1 nitrogen and oxygen atoms in total. The molecule has 0 atom stereocenters. The van der Waals surface area contributed by atoms with Crippen LogP contribution in [0.2, 0.25) is 0 Å². The molecule has 0 unspecified atom stereocenters. The highest BCUT2D eigenvalue weighted by Gasteiger charge is 2.28. The van der Waals surface area contributed by atoms with E-state index >= 15 is 0 Å². The molecule has 0 radical (unpaired) electrons. The van der Waals surface area contributed by atoms with E-state index in [-0.39, 0.29) is 12.4 Å². The second-order valence-electron chi connectivity index (χ2n) is 3.95. The summed E-state index contributed by atoms with van der Waals surface area (Å²) in [6.45, 7) is 2.00. The van der Waals surface area contributed by atoms with E-state index in [1.165, 1.54) is 0 Å². The summed E-state index contributed by atoms with van der Waals surface area (Å²) in [6.07, 6.45) is 0.668. The predicted molar refractivity (Wildman–Crippen MR) is 73.4 cm³/mol.